The van der Waals surface area contributed by atoms with E-state index in [9.17, 15) is 4.79 Å². The van der Waals surface area contributed by atoms with Crippen LogP contribution < -0.4 is 10.3 Å². The van der Waals surface area contributed by atoms with Crippen molar-refractivity contribution in [2.75, 3.05) is 7.11 Å². The van der Waals surface area contributed by atoms with Gasteiger partial charge < -0.3 is 9.30 Å². The van der Waals surface area contributed by atoms with Crippen LogP contribution in [0.4, 0.5) is 0 Å². The monoisotopic (exact) mass is 381 g/mol. The second kappa shape index (κ2) is 6.95. The van der Waals surface area contributed by atoms with Crippen molar-refractivity contribution in [2.45, 2.75) is 6.54 Å². The zero-order chi connectivity index (χ0) is 19.8. The fourth-order valence-electron chi connectivity index (χ4n) is 3.72. The van der Waals surface area contributed by atoms with Gasteiger partial charge in [-0.15, -0.1) is 0 Å². The maximum absolute atomic E-state index is 13.1. The number of hydrogen-bond donors (Lipinski definition) is 0. The van der Waals surface area contributed by atoms with Crippen LogP contribution in [0.2, 0.25) is 0 Å². The van der Waals surface area contributed by atoms with Crippen LogP contribution in [0, 0.1) is 0 Å². The van der Waals surface area contributed by atoms with Gasteiger partial charge in [-0.1, -0.05) is 54.6 Å². The number of fused-ring (bicyclic) bond motifs is 3. The van der Waals surface area contributed by atoms with Crippen molar-refractivity contribution >= 4 is 16.8 Å². The van der Waals surface area contributed by atoms with E-state index in [0.29, 0.717) is 18.0 Å². The Labute approximate surface area is 167 Å². The molecule has 0 saturated heterocycles. The van der Waals surface area contributed by atoms with Crippen LogP contribution in [0.5, 0.6) is 5.75 Å². The number of para-hydroxylation sites is 2. The quantitative estimate of drug-likeness (QED) is 0.464. The molecule has 3 aromatic carbocycles. The molecule has 0 aliphatic heterocycles. The molecular weight excluding hydrogens is 362 g/mol. The fourth-order valence-corrected chi connectivity index (χ4v) is 3.72. The van der Waals surface area contributed by atoms with Crippen molar-refractivity contribution in [1.82, 2.24) is 14.0 Å². The average molecular weight is 381 g/mol. The molecule has 0 atom stereocenters. The van der Waals surface area contributed by atoms with Crippen LogP contribution in [0.15, 0.2) is 89.7 Å². The summed E-state index contributed by atoms with van der Waals surface area (Å²) in [6, 6.07) is 27.3. The summed E-state index contributed by atoms with van der Waals surface area (Å²) in [5.41, 5.74) is 4.36. The topological polar surface area (TPSA) is 48.5 Å². The third kappa shape index (κ3) is 2.97. The van der Waals surface area contributed by atoms with Crippen LogP contribution in [0.25, 0.3) is 28.1 Å². The standard InChI is InChI=1S/C24H19N3O2/c1-29-19-11-7-10-18(14-19)20-15-23(28)27-22-13-6-5-12-21(22)26(24(27)25-20)16-17-8-3-2-4-9-17/h2-15H,16H2,1H3. The Morgan fingerprint density at radius 3 is 2.41 bits per heavy atom. The van der Waals surface area contributed by atoms with Crippen molar-refractivity contribution in [2.24, 2.45) is 0 Å². The van der Waals surface area contributed by atoms with E-state index in [1.165, 1.54) is 0 Å². The molecule has 0 aliphatic rings. The number of nitrogens with zero attached hydrogens (tertiary/aromatic N) is 3. The number of methoxy groups -OCH3 is 1. The minimum absolute atomic E-state index is 0.101. The van der Waals surface area contributed by atoms with Gasteiger partial charge in [-0.3, -0.25) is 4.79 Å². The lowest BCUT2D eigenvalue weighted by Crippen LogP contribution is -2.14. The van der Waals surface area contributed by atoms with E-state index >= 15 is 0 Å². The molecule has 29 heavy (non-hydrogen) atoms. The molecule has 5 heteroatoms. The van der Waals surface area contributed by atoms with Crippen LogP contribution in [0.3, 0.4) is 0 Å². The molecule has 0 bridgehead atoms. The highest BCUT2D eigenvalue weighted by molar-refractivity contribution is 5.81. The van der Waals surface area contributed by atoms with E-state index in [4.69, 9.17) is 9.72 Å². The molecule has 0 radical (unpaired) electrons. The summed E-state index contributed by atoms with van der Waals surface area (Å²) in [6.07, 6.45) is 0. The number of benzene rings is 3. The number of rotatable bonds is 4. The second-order valence-corrected chi connectivity index (χ2v) is 6.91. The molecule has 0 N–H and O–H groups in total. The zero-order valence-corrected chi connectivity index (χ0v) is 15.9. The Kier molecular flexibility index (Phi) is 4.13. The maximum atomic E-state index is 13.1. The molecule has 142 valence electrons. The molecule has 0 aliphatic carbocycles. The van der Waals surface area contributed by atoms with Gasteiger partial charge in [-0.2, -0.15) is 0 Å². The van der Waals surface area contributed by atoms with Gasteiger partial charge >= 0.3 is 0 Å². The van der Waals surface area contributed by atoms with Gasteiger partial charge in [0.05, 0.1) is 30.4 Å². The number of ether oxygens (including phenoxy) is 1. The first-order valence-electron chi connectivity index (χ1n) is 9.44. The van der Waals surface area contributed by atoms with E-state index < -0.39 is 0 Å². The highest BCUT2D eigenvalue weighted by Gasteiger charge is 2.15. The zero-order valence-electron chi connectivity index (χ0n) is 15.9. The van der Waals surface area contributed by atoms with Crippen molar-refractivity contribution < 1.29 is 4.74 Å². The molecule has 5 rings (SSSR count). The minimum Gasteiger partial charge on any atom is -0.497 e. The van der Waals surface area contributed by atoms with Crippen LogP contribution in [0.1, 0.15) is 5.56 Å². The van der Waals surface area contributed by atoms with E-state index in [2.05, 4.69) is 16.7 Å². The van der Waals surface area contributed by atoms with Gasteiger partial charge in [-0.25, -0.2) is 9.38 Å². The summed E-state index contributed by atoms with van der Waals surface area (Å²) >= 11 is 0. The molecule has 5 nitrogen and oxygen atoms in total. The van der Waals surface area contributed by atoms with Crippen molar-refractivity contribution in [3.63, 3.8) is 0 Å². The lowest BCUT2D eigenvalue weighted by molar-refractivity contribution is 0.415. The van der Waals surface area contributed by atoms with Gasteiger partial charge in [0.25, 0.3) is 5.56 Å². The fraction of sp³-hybridized carbons (Fsp3) is 0.0833. The average Bonchev–Trinajstić information content (AvgIpc) is 3.08. The lowest BCUT2D eigenvalue weighted by Gasteiger charge is -2.08. The normalized spacial score (nSPS) is 11.2. The predicted octanol–water partition coefficient (Wildman–Crippen LogP) is 4.37. The maximum Gasteiger partial charge on any atom is 0.260 e. The SMILES string of the molecule is COc1cccc(-c2cc(=O)n3c4ccccc4n(Cc4ccccc4)c3n2)c1. The number of aromatic nitrogens is 3. The molecule has 2 aromatic heterocycles. The van der Waals surface area contributed by atoms with Gasteiger partial charge in [-0.05, 0) is 29.8 Å². The summed E-state index contributed by atoms with van der Waals surface area (Å²) in [5, 5.41) is 0. The first-order valence-corrected chi connectivity index (χ1v) is 9.44. The third-order valence-corrected chi connectivity index (χ3v) is 5.10. The summed E-state index contributed by atoms with van der Waals surface area (Å²) in [7, 11) is 1.63. The Bertz CT molecular complexity index is 1380. The van der Waals surface area contributed by atoms with Crippen molar-refractivity contribution in [3.8, 4) is 17.0 Å². The number of imidazole rings is 1. The summed E-state index contributed by atoms with van der Waals surface area (Å²) < 4.78 is 9.10. The van der Waals surface area contributed by atoms with E-state index in [0.717, 1.165) is 27.9 Å². The summed E-state index contributed by atoms with van der Waals surface area (Å²) in [4.78, 5) is 18.0. The molecule has 0 unspecified atom stereocenters. The molecule has 0 fully saturated rings. The molecule has 0 amide bonds. The Hall–Kier alpha value is -3.86. The second-order valence-electron chi connectivity index (χ2n) is 6.91. The van der Waals surface area contributed by atoms with Crippen LogP contribution in [-0.2, 0) is 6.54 Å². The van der Waals surface area contributed by atoms with Gasteiger partial charge in [0, 0.05) is 11.6 Å². The molecule has 0 spiro atoms. The predicted molar refractivity (Wildman–Crippen MR) is 114 cm³/mol. The largest absolute Gasteiger partial charge is 0.497 e. The smallest absolute Gasteiger partial charge is 0.260 e. The first-order chi connectivity index (χ1) is 14.2. The molecule has 5 aromatic rings. The third-order valence-electron chi connectivity index (χ3n) is 5.10. The minimum atomic E-state index is -0.101. The van der Waals surface area contributed by atoms with E-state index in [1.807, 2.05) is 66.7 Å². The van der Waals surface area contributed by atoms with Gasteiger partial charge in [0.1, 0.15) is 5.75 Å². The van der Waals surface area contributed by atoms with E-state index in [-0.39, 0.29) is 5.56 Å². The highest BCUT2D eigenvalue weighted by Crippen LogP contribution is 2.25. The molecule has 2 heterocycles. The number of hydrogen-bond acceptors (Lipinski definition) is 3. The van der Waals surface area contributed by atoms with Crippen molar-refractivity contribution in [1.29, 1.82) is 0 Å². The first kappa shape index (κ1) is 17.3. The Morgan fingerprint density at radius 1 is 0.862 bits per heavy atom. The van der Waals surface area contributed by atoms with Gasteiger partial charge in [0.2, 0.25) is 5.78 Å². The summed E-state index contributed by atoms with van der Waals surface area (Å²) in [6.45, 7) is 0.631. The Morgan fingerprint density at radius 2 is 1.62 bits per heavy atom. The van der Waals surface area contributed by atoms with Crippen LogP contribution >= 0.6 is 0 Å². The summed E-state index contributed by atoms with van der Waals surface area (Å²) in [5.74, 6) is 1.36. The lowest BCUT2D eigenvalue weighted by atomic mass is 10.1. The highest BCUT2D eigenvalue weighted by atomic mass is 16.5. The molecule has 0 saturated carbocycles. The van der Waals surface area contributed by atoms with Gasteiger partial charge in [0.15, 0.2) is 0 Å². The van der Waals surface area contributed by atoms with Crippen LogP contribution in [-0.4, -0.2) is 21.1 Å². The Balaban J connectivity index is 1.79. The van der Waals surface area contributed by atoms with Crippen molar-refractivity contribution in [3.05, 3.63) is 101 Å². The van der Waals surface area contributed by atoms with E-state index in [1.54, 1.807) is 17.6 Å². The molecular formula is C24H19N3O2.